The van der Waals surface area contributed by atoms with Gasteiger partial charge in [0, 0.05) is 38.4 Å². The van der Waals surface area contributed by atoms with Crippen LogP contribution in [0.1, 0.15) is 12.8 Å². The van der Waals surface area contributed by atoms with Crippen LogP contribution in [-0.2, 0) is 0 Å². The lowest BCUT2D eigenvalue weighted by Gasteiger charge is -2.36. The van der Waals surface area contributed by atoms with Gasteiger partial charge in [-0.15, -0.1) is 0 Å². The number of anilines is 1. The monoisotopic (exact) mass is 333 g/mol. The van der Waals surface area contributed by atoms with Gasteiger partial charge < -0.3 is 20.4 Å². The van der Waals surface area contributed by atoms with Crippen LogP contribution in [0.2, 0.25) is 0 Å². The van der Waals surface area contributed by atoms with E-state index in [-0.39, 0.29) is 5.82 Å². The molecule has 6 heteroatoms. The number of piperazine rings is 1. The minimum atomic E-state index is -0.192. The fourth-order valence-electron chi connectivity index (χ4n) is 3.41. The van der Waals surface area contributed by atoms with E-state index in [9.17, 15) is 4.39 Å². The van der Waals surface area contributed by atoms with E-state index in [1.54, 1.807) is 0 Å². The molecular weight excluding hydrogens is 305 g/mol. The maximum absolute atomic E-state index is 13.0. The normalized spacial score (nSPS) is 21.3. The van der Waals surface area contributed by atoms with Gasteiger partial charge in [-0.25, -0.2) is 4.39 Å². The van der Waals surface area contributed by atoms with Gasteiger partial charge >= 0.3 is 0 Å². The third kappa shape index (κ3) is 4.38. The van der Waals surface area contributed by atoms with E-state index in [1.807, 2.05) is 12.1 Å². The first-order valence-corrected chi connectivity index (χ1v) is 8.86. The first-order chi connectivity index (χ1) is 11.6. The van der Waals surface area contributed by atoms with Crippen LogP contribution in [0.5, 0.6) is 0 Å². The lowest BCUT2D eigenvalue weighted by Crippen LogP contribution is -2.51. The zero-order chi connectivity index (χ0) is 16.9. The van der Waals surface area contributed by atoms with E-state index in [2.05, 4.69) is 26.7 Å². The number of hydrogen-bond donors (Lipinski definition) is 1. The van der Waals surface area contributed by atoms with Gasteiger partial charge in [-0.05, 0) is 63.2 Å². The Labute approximate surface area is 143 Å². The lowest BCUT2D eigenvalue weighted by molar-refractivity contribution is 0.223. The average Bonchev–Trinajstić information content (AvgIpc) is 2.62. The predicted molar refractivity (Wildman–Crippen MR) is 96.9 cm³/mol. The van der Waals surface area contributed by atoms with Crippen LogP contribution in [0.4, 0.5) is 10.1 Å². The Morgan fingerprint density at radius 1 is 1.08 bits per heavy atom. The zero-order valence-electron chi connectivity index (χ0n) is 14.5. The molecule has 2 heterocycles. The number of aliphatic imine (C=N–C) groups is 1. The number of benzene rings is 1. The molecule has 2 saturated heterocycles. The molecule has 5 nitrogen and oxygen atoms in total. The van der Waals surface area contributed by atoms with Crippen molar-refractivity contribution >= 4 is 11.6 Å². The highest BCUT2D eigenvalue weighted by atomic mass is 19.1. The minimum Gasteiger partial charge on any atom is -0.370 e. The van der Waals surface area contributed by atoms with E-state index >= 15 is 0 Å². The molecule has 0 aromatic heterocycles. The number of halogens is 1. The van der Waals surface area contributed by atoms with Gasteiger partial charge in [0.2, 0.25) is 0 Å². The van der Waals surface area contributed by atoms with Gasteiger partial charge in [0.25, 0.3) is 0 Å². The van der Waals surface area contributed by atoms with Crippen molar-refractivity contribution in [2.45, 2.75) is 12.8 Å². The Morgan fingerprint density at radius 2 is 1.71 bits per heavy atom. The number of likely N-dealkylation sites (tertiary alicyclic amines) is 1. The molecule has 0 bridgehead atoms. The highest BCUT2D eigenvalue weighted by Crippen LogP contribution is 2.18. The van der Waals surface area contributed by atoms with Gasteiger partial charge in [0.1, 0.15) is 5.82 Å². The summed E-state index contributed by atoms with van der Waals surface area (Å²) in [5, 5.41) is 0. The largest absolute Gasteiger partial charge is 0.370 e. The first kappa shape index (κ1) is 17.0. The summed E-state index contributed by atoms with van der Waals surface area (Å²) >= 11 is 0. The van der Waals surface area contributed by atoms with Crippen LogP contribution in [0.3, 0.4) is 0 Å². The van der Waals surface area contributed by atoms with Crippen LogP contribution >= 0.6 is 0 Å². The molecule has 24 heavy (non-hydrogen) atoms. The molecule has 0 amide bonds. The fourth-order valence-corrected chi connectivity index (χ4v) is 3.41. The Balaban J connectivity index is 1.47. The van der Waals surface area contributed by atoms with E-state index in [4.69, 9.17) is 5.73 Å². The van der Waals surface area contributed by atoms with Gasteiger partial charge in [0.05, 0.1) is 0 Å². The third-order valence-electron chi connectivity index (χ3n) is 5.15. The number of nitrogens with zero attached hydrogens (tertiary/aromatic N) is 4. The summed E-state index contributed by atoms with van der Waals surface area (Å²) in [4.78, 5) is 11.4. The SMILES string of the molecule is CN1CCC(CN=C(N)N2CCN(c3ccc(F)cc3)CC2)CC1. The molecule has 2 aliphatic heterocycles. The fraction of sp³-hybridized carbons (Fsp3) is 0.611. The van der Waals surface area contributed by atoms with Crippen LogP contribution in [0.15, 0.2) is 29.3 Å². The van der Waals surface area contributed by atoms with Gasteiger partial charge in [0.15, 0.2) is 5.96 Å². The van der Waals surface area contributed by atoms with Gasteiger partial charge in [-0.2, -0.15) is 0 Å². The van der Waals surface area contributed by atoms with E-state index in [1.165, 1.54) is 25.0 Å². The molecule has 1 aromatic carbocycles. The number of piperidine rings is 1. The number of hydrogen-bond acceptors (Lipinski definition) is 3. The van der Waals surface area contributed by atoms with Crippen molar-refractivity contribution in [3.8, 4) is 0 Å². The maximum Gasteiger partial charge on any atom is 0.191 e. The molecule has 0 unspecified atom stereocenters. The Morgan fingerprint density at radius 3 is 2.33 bits per heavy atom. The Hall–Kier alpha value is -1.82. The predicted octanol–water partition coefficient (Wildman–Crippen LogP) is 1.60. The third-order valence-corrected chi connectivity index (χ3v) is 5.15. The van der Waals surface area contributed by atoms with E-state index < -0.39 is 0 Å². The molecular formula is C18H28FN5. The second-order valence-electron chi connectivity index (χ2n) is 6.90. The summed E-state index contributed by atoms with van der Waals surface area (Å²) in [5.41, 5.74) is 7.26. The second kappa shape index (κ2) is 7.83. The lowest BCUT2D eigenvalue weighted by atomic mass is 9.97. The topological polar surface area (TPSA) is 48.1 Å². The van der Waals surface area contributed by atoms with Crippen molar-refractivity contribution in [3.63, 3.8) is 0 Å². The Kier molecular flexibility index (Phi) is 5.56. The van der Waals surface area contributed by atoms with Crippen molar-refractivity contribution in [2.75, 3.05) is 57.8 Å². The molecule has 1 aromatic rings. The van der Waals surface area contributed by atoms with Gasteiger partial charge in [-0.1, -0.05) is 0 Å². The highest BCUT2D eigenvalue weighted by Gasteiger charge is 2.20. The molecule has 0 saturated carbocycles. The molecule has 0 aliphatic carbocycles. The smallest absolute Gasteiger partial charge is 0.191 e. The maximum atomic E-state index is 13.0. The number of guanidine groups is 1. The van der Waals surface area contributed by atoms with Crippen LogP contribution in [-0.4, -0.2) is 68.6 Å². The van der Waals surface area contributed by atoms with Crippen molar-refractivity contribution in [1.82, 2.24) is 9.80 Å². The molecule has 0 atom stereocenters. The molecule has 3 rings (SSSR count). The van der Waals surface area contributed by atoms with Crippen molar-refractivity contribution in [3.05, 3.63) is 30.1 Å². The molecule has 0 radical (unpaired) electrons. The summed E-state index contributed by atoms with van der Waals surface area (Å²) in [6, 6.07) is 6.70. The minimum absolute atomic E-state index is 0.192. The quantitative estimate of drug-likeness (QED) is 0.674. The summed E-state index contributed by atoms with van der Waals surface area (Å²) in [6.07, 6.45) is 2.43. The standard InChI is InChI=1S/C18H28FN5/c1-22-8-6-15(7-9-22)14-21-18(20)24-12-10-23(11-13-24)17-4-2-16(19)3-5-17/h2-5,15H,6-14H2,1H3,(H2,20,21). The van der Waals surface area contributed by atoms with Crippen LogP contribution in [0, 0.1) is 11.7 Å². The molecule has 2 aliphatic rings. The molecule has 0 spiro atoms. The average molecular weight is 333 g/mol. The van der Waals surface area contributed by atoms with E-state index in [0.717, 1.165) is 51.5 Å². The Bertz CT molecular complexity index is 543. The van der Waals surface area contributed by atoms with Crippen LogP contribution < -0.4 is 10.6 Å². The first-order valence-electron chi connectivity index (χ1n) is 8.86. The van der Waals surface area contributed by atoms with Crippen molar-refractivity contribution in [1.29, 1.82) is 0 Å². The summed E-state index contributed by atoms with van der Waals surface area (Å²) in [7, 11) is 2.18. The number of nitrogens with two attached hydrogens (primary N) is 1. The second-order valence-corrected chi connectivity index (χ2v) is 6.90. The van der Waals surface area contributed by atoms with Crippen molar-refractivity contribution in [2.24, 2.45) is 16.6 Å². The van der Waals surface area contributed by atoms with Gasteiger partial charge in [-0.3, -0.25) is 4.99 Å². The van der Waals surface area contributed by atoms with E-state index in [0.29, 0.717) is 11.9 Å². The zero-order valence-corrected chi connectivity index (χ0v) is 14.5. The highest BCUT2D eigenvalue weighted by molar-refractivity contribution is 5.78. The molecule has 132 valence electrons. The van der Waals surface area contributed by atoms with Crippen molar-refractivity contribution < 1.29 is 4.39 Å². The summed E-state index contributed by atoms with van der Waals surface area (Å²) in [5.74, 6) is 1.15. The number of rotatable bonds is 3. The molecule has 2 N–H and O–H groups in total. The van der Waals surface area contributed by atoms with Crippen LogP contribution in [0.25, 0.3) is 0 Å². The summed E-state index contributed by atoms with van der Waals surface area (Å²) < 4.78 is 13.0. The summed E-state index contributed by atoms with van der Waals surface area (Å²) in [6.45, 7) is 6.66. The molecule has 2 fully saturated rings.